The predicted octanol–water partition coefficient (Wildman–Crippen LogP) is 0.767. The maximum Gasteiger partial charge on any atom is 0.345 e. The Balaban J connectivity index is 0.00000736. The first-order valence-corrected chi connectivity index (χ1v) is 14.9. The smallest absolute Gasteiger partial charge is 0.345 e. The van der Waals surface area contributed by atoms with Crippen LogP contribution in [0.2, 0.25) is 0 Å². The second kappa shape index (κ2) is 16.4. The molecular weight excluding hydrogens is 616 g/mol. The number of aliphatic hydroxyl groups excluding tert-OH is 1. The molecule has 46 heavy (non-hydrogen) atoms. The number of nitrogens with one attached hydrogen (secondary N) is 3. The zero-order valence-electron chi connectivity index (χ0n) is 26.7. The van der Waals surface area contributed by atoms with E-state index in [1.807, 2.05) is 0 Å². The topological polar surface area (TPSA) is 203 Å². The highest BCUT2D eigenvalue weighted by atomic mass is 35.5. The van der Waals surface area contributed by atoms with Gasteiger partial charge in [0.1, 0.15) is 11.8 Å². The van der Waals surface area contributed by atoms with Crippen molar-refractivity contribution in [1.82, 2.24) is 10.6 Å². The minimum atomic E-state index is -1.76. The third-order valence-corrected chi connectivity index (χ3v) is 8.27. The number of rotatable bonds is 14. The molecule has 0 bridgehead atoms. The van der Waals surface area contributed by atoms with Crippen LogP contribution in [0, 0.1) is 0 Å². The molecule has 1 fully saturated rings. The van der Waals surface area contributed by atoms with Gasteiger partial charge in [0.2, 0.25) is 11.8 Å². The van der Waals surface area contributed by atoms with Crippen LogP contribution < -0.4 is 32.2 Å². The lowest BCUT2D eigenvalue weighted by molar-refractivity contribution is -0.904. The number of nitrogens with two attached hydrogens (primary N) is 2. The Morgan fingerprint density at radius 3 is 2.17 bits per heavy atom. The number of hydrogen-bond donors (Lipinski definition) is 6. The van der Waals surface area contributed by atoms with Gasteiger partial charge in [-0.2, -0.15) is 0 Å². The Bertz CT molecular complexity index is 1370. The fourth-order valence-electron chi connectivity index (χ4n) is 5.98. The van der Waals surface area contributed by atoms with Crippen LogP contribution >= 0.6 is 12.4 Å². The van der Waals surface area contributed by atoms with E-state index in [1.165, 1.54) is 0 Å². The monoisotopic (exact) mass is 661 g/mol. The summed E-state index contributed by atoms with van der Waals surface area (Å²) in [5.74, 6) is -3.26. The number of quaternary nitrogens is 1. The summed E-state index contributed by atoms with van der Waals surface area (Å²) in [5, 5.41) is 19.7. The molecule has 0 radical (unpaired) electrons. The van der Waals surface area contributed by atoms with Crippen LogP contribution in [0.1, 0.15) is 45.6 Å². The van der Waals surface area contributed by atoms with Crippen molar-refractivity contribution in [3.63, 3.8) is 0 Å². The molecule has 0 aromatic heterocycles. The molecule has 5 amide bonds. The first kappa shape index (κ1) is 38.0. The number of carbonyl (C=O) groups excluding carboxylic acids is 5. The fraction of sp³-hybridized carbons (Fsp3) is 0.469. The Labute approximate surface area is 275 Å². The molecule has 1 heterocycles. The van der Waals surface area contributed by atoms with Gasteiger partial charge in [0.15, 0.2) is 18.8 Å². The summed E-state index contributed by atoms with van der Waals surface area (Å²) in [5.41, 5.74) is 11.9. The van der Waals surface area contributed by atoms with Crippen LogP contribution in [0.3, 0.4) is 0 Å². The van der Waals surface area contributed by atoms with Gasteiger partial charge in [-0.25, -0.2) is 9.28 Å². The highest BCUT2D eigenvalue weighted by Crippen LogP contribution is 2.38. The van der Waals surface area contributed by atoms with Gasteiger partial charge < -0.3 is 37.3 Å². The summed E-state index contributed by atoms with van der Waals surface area (Å²) < 4.78 is 5.12. The van der Waals surface area contributed by atoms with Crippen molar-refractivity contribution in [2.75, 3.05) is 25.5 Å². The molecular formula is C32H46ClN6O7+. The molecule has 1 aliphatic heterocycles. The summed E-state index contributed by atoms with van der Waals surface area (Å²) >= 11 is 0. The van der Waals surface area contributed by atoms with Crippen LogP contribution in [0.25, 0.3) is 0 Å². The molecule has 2 aromatic carbocycles. The van der Waals surface area contributed by atoms with Crippen molar-refractivity contribution in [3.8, 4) is 5.75 Å². The number of benzene rings is 2. The second-order valence-electron chi connectivity index (χ2n) is 12.3. The van der Waals surface area contributed by atoms with E-state index in [0.717, 1.165) is 5.69 Å². The number of nitrogens with zero attached hydrogens (tertiary/aromatic N) is 1. The van der Waals surface area contributed by atoms with Crippen LogP contribution in [0.4, 0.5) is 5.69 Å². The van der Waals surface area contributed by atoms with Crippen LogP contribution in [-0.4, -0.2) is 89.1 Å². The zero-order valence-corrected chi connectivity index (χ0v) is 27.5. The molecule has 1 saturated heterocycles. The van der Waals surface area contributed by atoms with E-state index in [4.69, 9.17) is 16.2 Å². The van der Waals surface area contributed by atoms with Gasteiger partial charge in [-0.3, -0.25) is 19.2 Å². The maximum atomic E-state index is 14.2. The predicted molar refractivity (Wildman–Crippen MR) is 175 cm³/mol. The normalized spacial score (nSPS) is 19.5. The number of primary amides is 2. The van der Waals surface area contributed by atoms with E-state index < -0.39 is 72.3 Å². The van der Waals surface area contributed by atoms with E-state index in [2.05, 4.69) is 16.0 Å². The lowest BCUT2D eigenvalue weighted by atomic mass is 9.93. The first-order valence-electron chi connectivity index (χ1n) is 14.9. The summed E-state index contributed by atoms with van der Waals surface area (Å²) in [6.07, 6.45) is -1.33. The van der Waals surface area contributed by atoms with Gasteiger partial charge >= 0.3 is 5.91 Å². The van der Waals surface area contributed by atoms with E-state index in [0.29, 0.717) is 24.2 Å². The molecule has 13 nitrogen and oxygen atoms in total. The molecule has 8 N–H and O–H groups in total. The van der Waals surface area contributed by atoms with Gasteiger partial charge in [0.25, 0.3) is 11.8 Å². The lowest BCUT2D eigenvalue weighted by Gasteiger charge is -2.47. The highest BCUT2D eigenvalue weighted by Gasteiger charge is 2.60. The van der Waals surface area contributed by atoms with Gasteiger partial charge in [0, 0.05) is 25.6 Å². The molecule has 5 atom stereocenters. The van der Waals surface area contributed by atoms with Crippen molar-refractivity contribution in [2.45, 2.75) is 76.2 Å². The molecule has 1 aliphatic rings. The maximum absolute atomic E-state index is 14.2. The molecule has 252 valence electrons. The lowest BCUT2D eigenvalue weighted by Crippen LogP contribution is -2.72. The molecule has 0 spiro atoms. The molecule has 0 aliphatic carbocycles. The minimum absolute atomic E-state index is 0. The van der Waals surface area contributed by atoms with Crippen LogP contribution in [0.5, 0.6) is 5.75 Å². The average molecular weight is 662 g/mol. The van der Waals surface area contributed by atoms with Gasteiger partial charge in [-0.15, -0.1) is 12.4 Å². The fourth-order valence-corrected chi connectivity index (χ4v) is 5.98. The minimum Gasteiger partial charge on any atom is -0.484 e. The largest absolute Gasteiger partial charge is 0.484 e. The summed E-state index contributed by atoms with van der Waals surface area (Å²) in [7, 11) is 1.76. The zero-order chi connectivity index (χ0) is 33.4. The van der Waals surface area contributed by atoms with E-state index in [-0.39, 0.29) is 29.9 Å². The summed E-state index contributed by atoms with van der Waals surface area (Å²) in [6.45, 7) is 5.25. The van der Waals surface area contributed by atoms with Gasteiger partial charge in [-0.05, 0) is 57.0 Å². The van der Waals surface area contributed by atoms with Crippen molar-refractivity contribution >= 4 is 47.6 Å². The molecule has 0 saturated carbocycles. The van der Waals surface area contributed by atoms with Gasteiger partial charge in [0.05, 0.1) is 24.5 Å². The highest BCUT2D eigenvalue weighted by molar-refractivity contribution is 5.92. The molecule has 2 aromatic rings. The van der Waals surface area contributed by atoms with Gasteiger partial charge in [-0.1, -0.05) is 30.3 Å². The Morgan fingerprint density at radius 2 is 1.63 bits per heavy atom. The standard InChI is InChI=1S/C32H44N6O7.ClH/c1-32(2,3)38(16-8-11-25(38)29(34)42)31(44)28(41)23(17-20-9-6-5-7-10-20)37-30(43)24(18-26(33)39)36-27(40)19-45-22-14-12-21(35-4)13-15-22;/h5-7,9-10,12-15,23-25,28,35,41H,8,11,16-19H2,1-4H3,(H5-,33,34,36,37,39,40,42,43);1H/p+1/t23-,24-,25-,28-,38?;/m0./s1. The van der Waals surface area contributed by atoms with Crippen molar-refractivity contribution in [2.24, 2.45) is 11.5 Å². The van der Waals surface area contributed by atoms with Crippen molar-refractivity contribution in [1.29, 1.82) is 0 Å². The van der Waals surface area contributed by atoms with E-state index in [1.54, 1.807) is 82.4 Å². The second-order valence-corrected chi connectivity index (χ2v) is 12.3. The number of ether oxygens (including phenoxy) is 1. The van der Waals surface area contributed by atoms with Crippen LogP contribution in [0.15, 0.2) is 54.6 Å². The molecule has 3 rings (SSSR count). The van der Waals surface area contributed by atoms with E-state index in [9.17, 15) is 29.1 Å². The number of carbonyl (C=O) groups is 5. The molecule has 14 heteroatoms. The summed E-state index contributed by atoms with van der Waals surface area (Å²) in [4.78, 5) is 64.9. The number of anilines is 1. The number of aliphatic hydroxyl groups is 1. The quantitative estimate of drug-likeness (QED) is 0.159. The number of amides is 5. The number of likely N-dealkylation sites (tertiary alicyclic amines) is 1. The third kappa shape index (κ3) is 9.18. The van der Waals surface area contributed by atoms with Crippen molar-refractivity contribution < 1.29 is 38.3 Å². The number of halogens is 1. The SMILES string of the molecule is CNc1ccc(OCC(=O)N[C@@H](CC(N)=O)C(=O)N[C@@H](Cc2ccccc2)[C@H](O)C(=O)[N+]2(C(C)(C)C)CCC[C@H]2C(N)=O)cc1.Cl. The summed E-state index contributed by atoms with van der Waals surface area (Å²) in [6, 6.07) is 12.3. The Morgan fingerprint density at radius 1 is 1.00 bits per heavy atom. The molecule has 1 unspecified atom stereocenters. The first-order chi connectivity index (χ1) is 21.2. The Hall–Kier alpha value is -4.20. The third-order valence-electron chi connectivity index (χ3n) is 8.27. The van der Waals surface area contributed by atoms with Crippen molar-refractivity contribution in [3.05, 3.63) is 60.2 Å². The number of hydrogen-bond acceptors (Lipinski definition) is 8. The Kier molecular flexibility index (Phi) is 13.5. The van der Waals surface area contributed by atoms with Crippen LogP contribution in [-0.2, 0) is 30.4 Å². The average Bonchev–Trinajstić information content (AvgIpc) is 3.46. The van der Waals surface area contributed by atoms with E-state index >= 15 is 0 Å².